The Bertz CT molecular complexity index is 2390. The number of benzene rings is 3. The molecule has 3 N–H and O–H groups in total. The van der Waals surface area contributed by atoms with Gasteiger partial charge in [0.05, 0.1) is 16.9 Å². The quantitative estimate of drug-likeness (QED) is 0.165. The molecule has 5 heterocycles. The average Bonchev–Trinajstić information content (AvgIpc) is 3.83. The Morgan fingerprint density at radius 2 is 0.750 bits per heavy atom. The van der Waals surface area contributed by atoms with Crippen LogP contribution in [0.4, 0.5) is 0 Å². The summed E-state index contributed by atoms with van der Waals surface area (Å²) in [5, 5.41) is 0. The molecule has 8 bridgehead atoms. The fourth-order valence-corrected chi connectivity index (χ4v) is 7.20. The molecule has 4 nitrogen and oxygen atoms in total. The van der Waals surface area contributed by atoms with Crippen LogP contribution < -0.4 is 0 Å². The van der Waals surface area contributed by atoms with Gasteiger partial charge in [0.1, 0.15) is 0 Å². The Labute approximate surface area is 278 Å². The van der Waals surface area contributed by atoms with Crippen LogP contribution in [0.25, 0.3) is 78.6 Å². The van der Waals surface area contributed by atoms with Crippen LogP contribution in [0, 0.1) is 0 Å². The highest BCUT2D eigenvalue weighted by Crippen LogP contribution is 2.37. The third-order valence-corrected chi connectivity index (χ3v) is 9.40. The maximum atomic E-state index is 5.16. The summed E-state index contributed by atoms with van der Waals surface area (Å²) in [7, 11) is 0. The Hall–Kier alpha value is -4.17. The molecule has 0 saturated heterocycles. The van der Waals surface area contributed by atoms with Gasteiger partial charge in [0.25, 0.3) is 0 Å². The summed E-state index contributed by atoms with van der Waals surface area (Å²) in [5.74, 6) is 0. The number of fused-ring (bicyclic) bond motifs is 9. The molecule has 0 spiro atoms. The van der Waals surface area contributed by atoms with E-state index < -0.39 is 0 Å². The van der Waals surface area contributed by atoms with Gasteiger partial charge in [-0.1, -0.05) is 84.2 Å². The first-order valence-corrected chi connectivity index (χ1v) is 16.5. The number of nitrogens with one attached hydrogen (secondary N) is 3. The molecule has 44 heavy (non-hydrogen) atoms. The maximum Gasteiger partial charge on any atom is 0.0872 e. The van der Waals surface area contributed by atoms with Gasteiger partial charge in [0, 0.05) is 57.7 Å². The van der Waals surface area contributed by atoms with Gasteiger partial charge < -0.3 is 15.0 Å². The monoisotopic (exact) mass is 760 g/mol. The summed E-state index contributed by atoms with van der Waals surface area (Å²) in [6.07, 6.45) is 4.19. The zero-order valence-corrected chi connectivity index (χ0v) is 27.9. The molecule has 3 aromatic carbocycles. The molecule has 0 amide bonds. The highest BCUT2D eigenvalue weighted by molar-refractivity contribution is 9.11. The molecular formula is C37H23Br3N4. The van der Waals surface area contributed by atoms with Gasteiger partial charge in [-0.25, -0.2) is 4.98 Å². The SMILES string of the molecule is Brc1cccc(-c2c3nc(c4ccc([nH]4)c(-c4cccc(Br)c4)c4ccc([nH]4)c(-c4cccc(Br)c4)c4ccc2[nH]4)C=C3)c1. The third-order valence-electron chi connectivity index (χ3n) is 7.92. The van der Waals surface area contributed by atoms with E-state index in [9.17, 15) is 0 Å². The van der Waals surface area contributed by atoms with Gasteiger partial charge in [-0.05, 0) is 102 Å². The van der Waals surface area contributed by atoms with Crippen LogP contribution in [0.5, 0.6) is 0 Å². The van der Waals surface area contributed by atoms with Gasteiger partial charge in [-0.15, -0.1) is 0 Å². The number of nitrogens with zero attached hydrogens (tertiary/aromatic N) is 1. The number of halogens is 3. The Morgan fingerprint density at radius 3 is 1.20 bits per heavy atom. The Balaban J connectivity index is 1.57. The summed E-state index contributed by atoms with van der Waals surface area (Å²) in [6, 6.07) is 38.1. The van der Waals surface area contributed by atoms with Gasteiger partial charge in [-0.3, -0.25) is 0 Å². The van der Waals surface area contributed by atoms with Crippen LogP contribution in [0.3, 0.4) is 0 Å². The lowest BCUT2D eigenvalue weighted by molar-refractivity contribution is 1.32. The molecular weight excluding hydrogens is 740 g/mol. The van der Waals surface area contributed by atoms with Gasteiger partial charge in [0.2, 0.25) is 0 Å². The maximum absolute atomic E-state index is 5.16. The summed E-state index contributed by atoms with van der Waals surface area (Å²) in [6.45, 7) is 0. The molecule has 1 aliphatic heterocycles. The lowest BCUT2D eigenvalue weighted by Gasteiger charge is -2.06. The lowest BCUT2D eigenvalue weighted by atomic mass is 10.0. The van der Waals surface area contributed by atoms with Crippen molar-refractivity contribution in [2.24, 2.45) is 0 Å². The predicted molar refractivity (Wildman–Crippen MR) is 195 cm³/mol. The van der Waals surface area contributed by atoms with Crippen LogP contribution in [-0.2, 0) is 0 Å². The zero-order valence-electron chi connectivity index (χ0n) is 23.1. The number of rotatable bonds is 3. The average molecular weight is 763 g/mol. The van der Waals surface area contributed by atoms with Gasteiger partial charge >= 0.3 is 0 Å². The van der Waals surface area contributed by atoms with Crippen molar-refractivity contribution in [1.82, 2.24) is 19.9 Å². The largest absolute Gasteiger partial charge is 0.354 e. The number of hydrogen-bond donors (Lipinski definition) is 3. The fourth-order valence-electron chi connectivity index (χ4n) is 6.00. The summed E-state index contributed by atoms with van der Waals surface area (Å²) in [5.41, 5.74) is 14.2. The molecule has 0 unspecified atom stereocenters. The molecule has 4 aromatic heterocycles. The van der Waals surface area contributed by atoms with Crippen molar-refractivity contribution in [3.05, 3.63) is 134 Å². The minimum absolute atomic E-state index is 0.891. The Kier molecular flexibility index (Phi) is 6.89. The third kappa shape index (κ3) is 4.95. The molecule has 0 fully saturated rings. The van der Waals surface area contributed by atoms with Crippen molar-refractivity contribution in [3.63, 3.8) is 0 Å². The van der Waals surface area contributed by atoms with E-state index in [0.29, 0.717) is 0 Å². The second-order valence-corrected chi connectivity index (χ2v) is 13.5. The number of aromatic nitrogens is 4. The molecule has 7 aromatic rings. The molecule has 0 saturated carbocycles. The van der Waals surface area contributed by atoms with Crippen LogP contribution in [0.1, 0.15) is 11.4 Å². The first-order chi connectivity index (χ1) is 21.5. The minimum Gasteiger partial charge on any atom is -0.354 e. The van der Waals surface area contributed by atoms with E-state index >= 15 is 0 Å². The smallest absolute Gasteiger partial charge is 0.0872 e. The van der Waals surface area contributed by atoms with Crippen LogP contribution >= 0.6 is 47.8 Å². The van der Waals surface area contributed by atoms with Crippen molar-refractivity contribution < 1.29 is 0 Å². The van der Waals surface area contributed by atoms with E-state index in [-0.39, 0.29) is 0 Å². The molecule has 0 aliphatic carbocycles. The second-order valence-electron chi connectivity index (χ2n) is 10.7. The van der Waals surface area contributed by atoms with Crippen LogP contribution in [0.15, 0.2) is 123 Å². The standard InChI is InChI=1S/C37H23Br3N4/c38-24-7-1-4-21(18-24)35-29-12-10-27(41-29)28-11-13-30(42-28)36(22-5-2-8-25(39)19-22)32-15-17-34(44-32)37(33-16-14-31(35)43-33)23-6-3-9-26(40)20-23/h1-20,41,43-44H. The van der Waals surface area contributed by atoms with Crippen LogP contribution in [0.2, 0.25) is 0 Å². The van der Waals surface area contributed by atoms with Gasteiger partial charge in [-0.2, -0.15) is 0 Å². The first-order valence-electron chi connectivity index (χ1n) is 14.1. The van der Waals surface area contributed by atoms with Crippen molar-refractivity contribution in [1.29, 1.82) is 0 Å². The van der Waals surface area contributed by atoms with E-state index in [2.05, 4.69) is 172 Å². The normalized spacial score (nSPS) is 11.9. The molecule has 1 aliphatic rings. The Morgan fingerprint density at radius 1 is 0.386 bits per heavy atom. The van der Waals surface area contributed by atoms with Crippen molar-refractivity contribution >= 4 is 93.0 Å². The second kappa shape index (κ2) is 11.1. The summed E-state index contributed by atoms with van der Waals surface area (Å²) < 4.78 is 3.06. The fraction of sp³-hybridized carbons (Fsp3) is 0. The molecule has 212 valence electrons. The molecule has 7 heteroatoms. The zero-order chi connectivity index (χ0) is 29.8. The molecule has 8 rings (SSSR count). The lowest BCUT2D eigenvalue weighted by Crippen LogP contribution is -1.86. The first kappa shape index (κ1) is 27.4. The number of hydrogen-bond acceptors (Lipinski definition) is 1. The number of aromatic amines is 3. The topological polar surface area (TPSA) is 60.3 Å². The van der Waals surface area contributed by atoms with Crippen molar-refractivity contribution in [3.8, 4) is 33.4 Å². The van der Waals surface area contributed by atoms with E-state index in [1.807, 2.05) is 12.1 Å². The van der Waals surface area contributed by atoms with E-state index in [4.69, 9.17) is 4.98 Å². The predicted octanol–water partition coefficient (Wildman–Crippen LogP) is 12.0. The van der Waals surface area contributed by atoms with Crippen LogP contribution in [-0.4, -0.2) is 19.9 Å². The van der Waals surface area contributed by atoms with Crippen molar-refractivity contribution in [2.45, 2.75) is 0 Å². The number of H-pyrrole nitrogens is 3. The van der Waals surface area contributed by atoms with E-state index in [1.165, 1.54) is 0 Å². The molecule has 0 radical (unpaired) electrons. The van der Waals surface area contributed by atoms with Gasteiger partial charge in [0.15, 0.2) is 0 Å². The van der Waals surface area contributed by atoms with Crippen molar-refractivity contribution in [2.75, 3.05) is 0 Å². The highest BCUT2D eigenvalue weighted by atomic mass is 79.9. The molecule has 0 atom stereocenters. The summed E-state index contributed by atoms with van der Waals surface area (Å²) in [4.78, 5) is 16.4. The minimum atomic E-state index is 0.891. The summed E-state index contributed by atoms with van der Waals surface area (Å²) >= 11 is 11.1. The van der Waals surface area contributed by atoms with E-state index in [0.717, 1.165) is 91.3 Å². The van der Waals surface area contributed by atoms with E-state index in [1.54, 1.807) is 0 Å². The highest BCUT2D eigenvalue weighted by Gasteiger charge is 2.15.